The lowest BCUT2D eigenvalue weighted by Gasteiger charge is -2.21. The fourth-order valence-electron chi connectivity index (χ4n) is 11.8. The van der Waals surface area contributed by atoms with Crippen LogP contribution in [0, 0.1) is 11.8 Å². The molecule has 6 atom stereocenters. The standard InChI is InChI=1S/C77H150O17P2/c1-7-10-12-14-16-18-29-37-43-49-55-61-76(81)93-72(65-87-74(79)59-53-47-41-17-15-13-11-8-2)67-91-95(83,84)89-63-71(78)64-90-96(85,86)92-68-73(66-88-75(80)60-54-48-42-36-32-27-24-23-26-31-35-40-46-52-58-70(6)9-3)94-77(82)62-56-50-44-38-33-28-22-20-19-21-25-30-34-39-45-51-57-69(4)5/h69-73,78H,7-68H2,1-6H3,(H,83,84)(H,85,86)/t70?,71-,72+,73+/m0/s1. The first-order valence-corrected chi connectivity index (χ1v) is 43.0. The van der Waals surface area contributed by atoms with Gasteiger partial charge in [-0.3, -0.25) is 37.3 Å². The molecule has 0 aromatic rings. The van der Waals surface area contributed by atoms with Gasteiger partial charge in [-0.05, 0) is 37.5 Å². The van der Waals surface area contributed by atoms with E-state index in [-0.39, 0.29) is 25.7 Å². The molecule has 3 unspecified atom stereocenters. The molecule has 96 heavy (non-hydrogen) atoms. The first-order chi connectivity index (χ1) is 46.4. The van der Waals surface area contributed by atoms with Crippen LogP contribution in [-0.2, 0) is 65.4 Å². The largest absolute Gasteiger partial charge is 0.472 e. The third-order valence-corrected chi connectivity index (χ3v) is 20.2. The molecule has 3 N–H and O–H groups in total. The van der Waals surface area contributed by atoms with Gasteiger partial charge in [0.05, 0.1) is 26.4 Å². The van der Waals surface area contributed by atoms with Gasteiger partial charge in [0.2, 0.25) is 0 Å². The number of esters is 4. The maximum absolute atomic E-state index is 13.1. The Bertz CT molecular complexity index is 1860. The van der Waals surface area contributed by atoms with E-state index in [9.17, 15) is 43.2 Å². The highest BCUT2D eigenvalue weighted by atomic mass is 31.2. The van der Waals surface area contributed by atoms with Crippen LogP contribution in [0.15, 0.2) is 0 Å². The van der Waals surface area contributed by atoms with Crippen LogP contribution in [0.25, 0.3) is 0 Å². The van der Waals surface area contributed by atoms with Gasteiger partial charge in [-0.2, -0.15) is 0 Å². The lowest BCUT2D eigenvalue weighted by Crippen LogP contribution is -2.30. The van der Waals surface area contributed by atoms with Crippen LogP contribution < -0.4 is 0 Å². The van der Waals surface area contributed by atoms with Crippen molar-refractivity contribution >= 4 is 39.5 Å². The number of phosphoric ester groups is 2. The molecular weight excluding hydrogens is 1260 g/mol. The van der Waals surface area contributed by atoms with Crippen molar-refractivity contribution in [1.29, 1.82) is 0 Å². The molecular formula is C77H150O17P2. The highest BCUT2D eigenvalue weighted by molar-refractivity contribution is 7.47. The van der Waals surface area contributed by atoms with Gasteiger partial charge in [-0.1, -0.05) is 350 Å². The number of ether oxygens (including phenoxy) is 4. The number of aliphatic hydroxyl groups excluding tert-OH is 1. The highest BCUT2D eigenvalue weighted by Gasteiger charge is 2.30. The first kappa shape index (κ1) is 94.1. The van der Waals surface area contributed by atoms with Gasteiger partial charge in [-0.15, -0.1) is 0 Å². The molecule has 0 amide bonds. The van der Waals surface area contributed by atoms with E-state index in [1.54, 1.807) is 0 Å². The zero-order chi connectivity index (χ0) is 70.7. The Morgan fingerprint density at radius 3 is 0.792 bits per heavy atom. The van der Waals surface area contributed by atoms with Crippen molar-refractivity contribution < 1.29 is 80.2 Å². The molecule has 0 fully saturated rings. The van der Waals surface area contributed by atoms with Crippen LogP contribution in [0.4, 0.5) is 0 Å². The Labute approximate surface area is 588 Å². The van der Waals surface area contributed by atoms with Gasteiger partial charge in [0.25, 0.3) is 0 Å². The van der Waals surface area contributed by atoms with Crippen LogP contribution in [-0.4, -0.2) is 96.7 Å². The van der Waals surface area contributed by atoms with E-state index in [0.717, 1.165) is 108 Å². The maximum atomic E-state index is 13.1. The molecule has 0 aromatic carbocycles. The van der Waals surface area contributed by atoms with Crippen molar-refractivity contribution in [2.45, 2.75) is 419 Å². The Morgan fingerprint density at radius 1 is 0.302 bits per heavy atom. The highest BCUT2D eigenvalue weighted by Crippen LogP contribution is 2.45. The molecule has 0 aliphatic carbocycles. The molecule has 0 aromatic heterocycles. The molecule has 0 aliphatic heterocycles. The smallest absolute Gasteiger partial charge is 0.462 e. The van der Waals surface area contributed by atoms with E-state index in [0.29, 0.717) is 25.7 Å². The summed E-state index contributed by atoms with van der Waals surface area (Å²) in [4.78, 5) is 72.7. The van der Waals surface area contributed by atoms with Crippen molar-refractivity contribution in [1.82, 2.24) is 0 Å². The number of hydrogen-bond acceptors (Lipinski definition) is 15. The molecule has 0 aliphatic rings. The molecule has 0 rings (SSSR count). The van der Waals surface area contributed by atoms with E-state index in [2.05, 4.69) is 41.5 Å². The summed E-state index contributed by atoms with van der Waals surface area (Å²) in [5.74, 6) is -0.457. The summed E-state index contributed by atoms with van der Waals surface area (Å²) < 4.78 is 68.5. The minimum Gasteiger partial charge on any atom is -0.462 e. The maximum Gasteiger partial charge on any atom is 0.472 e. The first-order valence-electron chi connectivity index (χ1n) is 40.0. The van der Waals surface area contributed by atoms with Crippen LogP contribution in [0.3, 0.4) is 0 Å². The quantitative estimate of drug-likeness (QED) is 0.0222. The summed E-state index contributed by atoms with van der Waals surface area (Å²) in [6.07, 6.45) is 56.9. The Balaban J connectivity index is 5.19. The molecule has 0 radical (unpaired) electrons. The van der Waals surface area contributed by atoms with Gasteiger partial charge < -0.3 is 33.8 Å². The average molecular weight is 1410 g/mol. The number of carbonyl (C=O) groups is 4. The number of carbonyl (C=O) groups excluding carboxylic acids is 4. The molecule has 570 valence electrons. The third-order valence-electron chi connectivity index (χ3n) is 18.3. The SMILES string of the molecule is CCCCCCCCCCCCCC(=O)O[C@H](COC(=O)CCCCCCCCCC)COP(=O)(O)OC[C@H](O)COP(=O)(O)OC[C@@H](COC(=O)CCCCCCCCCCCCCCCCC(C)CC)OC(=O)CCCCCCCCCCCCCCCCCCC(C)C. The number of aliphatic hydroxyl groups is 1. The minimum absolute atomic E-state index is 0.107. The lowest BCUT2D eigenvalue weighted by molar-refractivity contribution is -0.161. The van der Waals surface area contributed by atoms with Gasteiger partial charge in [0, 0.05) is 25.7 Å². The fourth-order valence-corrected chi connectivity index (χ4v) is 13.4. The second-order valence-electron chi connectivity index (χ2n) is 28.5. The number of unbranched alkanes of at least 4 members (excludes halogenated alkanes) is 45. The van der Waals surface area contributed by atoms with Gasteiger partial charge in [-0.25, -0.2) is 9.13 Å². The van der Waals surface area contributed by atoms with E-state index < -0.39 is 97.5 Å². The minimum atomic E-state index is -4.96. The van der Waals surface area contributed by atoms with Crippen LogP contribution >= 0.6 is 15.6 Å². The monoisotopic (exact) mass is 1410 g/mol. The molecule has 0 saturated carbocycles. The van der Waals surface area contributed by atoms with E-state index >= 15 is 0 Å². The Hall–Kier alpha value is -1.94. The van der Waals surface area contributed by atoms with E-state index in [4.69, 9.17) is 37.0 Å². The van der Waals surface area contributed by atoms with Crippen LogP contribution in [0.5, 0.6) is 0 Å². The summed E-state index contributed by atoms with van der Waals surface area (Å²) in [5.41, 5.74) is 0. The molecule has 0 saturated heterocycles. The second kappa shape index (κ2) is 68.8. The zero-order valence-corrected chi connectivity index (χ0v) is 64.5. The summed E-state index contributed by atoms with van der Waals surface area (Å²) in [6.45, 7) is 9.66. The van der Waals surface area contributed by atoms with E-state index in [1.165, 1.54) is 212 Å². The predicted molar refractivity (Wildman–Crippen MR) is 391 cm³/mol. The summed E-state index contributed by atoms with van der Waals surface area (Å²) in [6, 6.07) is 0. The molecule has 17 nitrogen and oxygen atoms in total. The van der Waals surface area contributed by atoms with Crippen LogP contribution in [0.1, 0.15) is 401 Å². The summed E-state index contributed by atoms with van der Waals surface area (Å²) >= 11 is 0. The van der Waals surface area contributed by atoms with Crippen LogP contribution in [0.2, 0.25) is 0 Å². The fraction of sp³-hybridized carbons (Fsp3) is 0.948. The second-order valence-corrected chi connectivity index (χ2v) is 31.4. The normalized spacial score (nSPS) is 14.3. The van der Waals surface area contributed by atoms with Crippen molar-refractivity contribution in [2.24, 2.45) is 11.8 Å². The zero-order valence-electron chi connectivity index (χ0n) is 62.7. The lowest BCUT2D eigenvalue weighted by atomic mass is 9.99. The van der Waals surface area contributed by atoms with Crippen molar-refractivity contribution in [2.75, 3.05) is 39.6 Å². The third kappa shape index (κ3) is 69.2. The molecule has 0 spiro atoms. The Morgan fingerprint density at radius 2 is 0.531 bits per heavy atom. The number of phosphoric acid groups is 2. The Kier molecular flexibility index (Phi) is 67.4. The van der Waals surface area contributed by atoms with Crippen molar-refractivity contribution in [3.8, 4) is 0 Å². The number of rotatable bonds is 76. The number of hydrogen-bond donors (Lipinski definition) is 3. The van der Waals surface area contributed by atoms with Gasteiger partial charge >= 0.3 is 39.5 Å². The van der Waals surface area contributed by atoms with Crippen molar-refractivity contribution in [3.05, 3.63) is 0 Å². The molecule has 0 heterocycles. The predicted octanol–water partition coefficient (Wildman–Crippen LogP) is 22.7. The molecule has 19 heteroatoms. The van der Waals surface area contributed by atoms with Gasteiger partial charge in [0.1, 0.15) is 19.3 Å². The van der Waals surface area contributed by atoms with E-state index in [1.807, 2.05) is 0 Å². The van der Waals surface area contributed by atoms with Crippen molar-refractivity contribution in [3.63, 3.8) is 0 Å². The summed E-state index contributed by atoms with van der Waals surface area (Å²) in [5, 5.41) is 10.6. The topological polar surface area (TPSA) is 237 Å². The van der Waals surface area contributed by atoms with Gasteiger partial charge in [0.15, 0.2) is 12.2 Å². The summed E-state index contributed by atoms with van der Waals surface area (Å²) in [7, 11) is -9.91. The molecule has 0 bridgehead atoms. The average Bonchev–Trinajstić information content (AvgIpc) is 1.19.